The number of nitrogens with zero attached hydrogens (tertiary/aromatic N) is 2. The Kier molecular flexibility index (Phi) is 2.86. The Morgan fingerprint density at radius 3 is 2.70 bits per heavy atom. The molecule has 0 fully saturated rings. The second-order valence-corrected chi connectivity index (χ2v) is 5.00. The number of carbonyl (C=O) groups is 2. The van der Waals surface area contributed by atoms with E-state index in [0.717, 1.165) is 11.1 Å². The average Bonchev–Trinajstić information content (AvgIpc) is 2.41. The molecule has 0 bridgehead atoms. The van der Waals surface area contributed by atoms with E-state index >= 15 is 0 Å². The van der Waals surface area contributed by atoms with E-state index in [1.54, 1.807) is 30.4 Å². The number of fused-ring (bicyclic) bond motifs is 1. The maximum absolute atomic E-state index is 12.5. The number of benzene rings is 1. The number of allylic oxidation sites excluding steroid dienone is 3. The average molecular weight is 266 g/mol. The van der Waals surface area contributed by atoms with Gasteiger partial charge >= 0.3 is 6.03 Å². The first-order chi connectivity index (χ1) is 9.58. The number of carbonyl (C=O) groups excluding carboxylic acids is 2. The maximum Gasteiger partial charge on any atom is 0.355 e. The molecule has 0 saturated heterocycles. The summed E-state index contributed by atoms with van der Waals surface area (Å²) in [4.78, 5) is 29.9. The third-order valence-electron chi connectivity index (χ3n) is 3.50. The Labute approximate surface area is 117 Å². The zero-order valence-corrected chi connectivity index (χ0v) is 11.3. The van der Waals surface area contributed by atoms with E-state index in [0.29, 0.717) is 11.4 Å². The fourth-order valence-corrected chi connectivity index (χ4v) is 2.52. The van der Waals surface area contributed by atoms with Crippen LogP contribution in [0.3, 0.4) is 0 Å². The number of hydrogen-bond acceptors (Lipinski definition) is 2. The summed E-state index contributed by atoms with van der Waals surface area (Å²) >= 11 is 0. The van der Waals surface area contributed by atoms with Crippen molar-refractivity contribution in [2.24, 2.45) is 10.9 Å². The van der Waals surface area contributed by atoms with Crippen LogP contribution in [0.5, 0.6) is 0 Å². The number of amides is 3. The minimum absolute atomic E-state index is 0.243. The molecule has 1 unspecified atom stereocenters. The number of imide groups is 1. The number of urea groups is 1. The summed E-state index contributed by atoms with van der Waals surface area (Å²) in [5, 5.41) is 0. The molecule has 0 spiro atoms. The van der Waals surface area contributed by atoms with Crippen LogP contribution >= 0.6 is 0 Å². The fraction of sp³-hybridized carbons (Fsp3) is 0.188. The van der Waals surface area contributed by atoms with Crippen molar-refractivity contribution in [2.75, 3.05) is 4.90 Å². The van der Waals surface area contributed by atoms with Crippen LogP contribution in [0.4, 0.5) is 10.5 Å². The highest BCUT2D eigenvalue weighted by Crippen LogP contribution is 2.28. The lowest BCUT2D eigenvalue weighted by Crippen LogP contribution is -2.46. The minimum atomic E-state index is -0.520. The third kappa shape index (κ3) is 1.90. The summed E-state index contributed by atoms with van der Waals surface area (Å²) in [7, 11) is 0. The van der Waals surface area contributed by atoms with Crippen LogP contribution in [0.2, 0.25) is 0 Å². The van der Waals surface area contributed by atoms with Crippen LogP contribution in [0.1, 0.15) is 11.1 Å². The first-order valence-corrected chi connectivity index (χ1v) is 6.46. The molecule has 4 heteroatoms. The van der Waals surface area contributed by atoms with Gasteiger partial charge in [-0.2, -0.15) is 4.99 Å². The molecule has 1 heterocycles. The van der Waals surface area contributed by atoms with Gasteiger partial charge in [-0.25, -0.2) is 9.69 Å². The molecule has 1 aromatic rings. The molecule has 0 aromatic heterocycles. The molecule has 3 rings (SSSR count). The van der Waals surface area contributed by atoms with Gasteiger partial charge in [-0.1, -0.05) is 35.9 Å². The molecule has 1 aliphatic carbocycles. The lowest BCUT2D eigenvalue weighted by atomic mass is 9.95. The summed E-state index contributed by atoms with van der Waals surface area (Å²) < 4.78 is 0. The molecule has 3 amide bonds. The summed E-state index contributed by atoms with van der Waals surface area (Å²) in [5.41, 5.74) is 3.10. The van der Waals surface area contributed by atoms with Gasteiger partial charge < -0.3 is 0 Å². The standard InChI is InChI=1S/C16H14N2O2/c1-10-7-8-14(11(2)9-10)18-15(19)12-5-3-4-6-13(12)17-16(18)20/h3-9,12H,1-2H3. The summed E-state index contributed by atoms with van der Waals surface area (Å²) in [6.07, 6.45) is 7.06. The lowest BCUT2D eigenvalue weighted by molar-refractivity contribution is -0.118. The van der Waals surface area contributed by atoms with Crippen LogP contribution in [0.25, 0.3) is 0 Å². The molecule has 4 nitrogen and oxygen atoms in total. The third-order valence-corrected chi connectivity index (χ3v) is 3.50. The molecular weight excluding hydrogens is 252 g/mol. The zero-order chi connectivity index (χ0) is 14.3. The van der Waals surface area contributed by atoms with Gasteiger partial charge in [0.25, 0.3) is 0 Å². The van der Waals surface area contributed by atoms with Crippen LogP contribution < -0.4 is 4.90 Å². The summed E-state index contributed by atoms with van der Waals surface area (Å²) in [5.74, 6) is -0.703. The Balaban J connectivity index is 2.08. The first kappa shape index (κ1) is 12.5. The van der Waals surface area contributed by atoms with Crippen molar-refractivity contribution in [3.05, 3.63) is 53.6 Å². The lowest BCUT2D eigenvalue weighted by Gasteiger charge is -2.29. The Morgan fingerprint density at radius 2 is 1.95 bits per heavy atom. The van der Waals surface area contributed by atoms with E-state index in [1.807, 2.05) is 26.0 Å². The van der Waals surface area contributed by atoms with Crippen LogP contribution in [0.15, 0.2) is 47.5 Å². The van der Waals surface area contributed by atoms with Crippen molar-refractivity contribution in [3.63, 3.8) is 0 Å². The van der Waals surface area contributed by atoms with Gasteiger partial charge in [-0.15, -0.1) is 0 Å². The summed E-state index contributed by atoms with van der Waals surface area (Å²) in [6, 6.07) is 5.11. The second kappa shape index (κ2) is 4.56. The van der Waals surface area contributed by atoms with Gasteiger partial charge in [0.1, 0.15) is 0 Å². The Bertz CT molecular complexity index is 698. The van der Waals surface area contributed by atoms with E-state index in [9.17, 15) is 9.59 Å². The van der Waals surface area contributed by atoms with Crippen LogP contribution in [-0.2, 0) is 4.79 Å². The van der Waals surface area contributed by atoms with Crippen molar-refractivity contribution in [3.8, 4) is 0 Å². The SMILES string of the molecule is Cc1ccc(N2C(=O)N=C3C=CC=CC3C2=O)c(C)c1. The first-order valence-electron chi connectivity index (χ1n) is 6.46. The number of rotatable bonds is 1. The Hall–Kier alpha value is -2.49. The zero-order valence-electron chi connectivity index (χ0n) is 11.3. The molecule has 1 aromatic carbocycles. The molecule has 0 saturated carbocycles. The molecule has 1 aliphatic heterocycles. The second-order valence-electron chi connectivity index (χ2n) is 5.00. The van der Waals surface area contributed by atoms with Gasteiger partial charge in [-0.3, -0.25) is 4.79 Å². The quantitative estimate of drug-likeness (QED) is 0.784. The van der Waals surface area contributed by atoms with Crippen molar-refractivity contribution in [1.29, 1.82) is 0 Å². The highest BCUT2D eigenvalue weighted by Gasteiger charge is 2.37. The van der Waals surface area contributed by atoms with Crippen LogP contribution in [-0.4, -0.2) is 17.6 Å². The van der Waals surface area contributed by atoms with Crippen molar-refractivity contribution in [2.45, 2.75) is 13.8 Å². The molecule has 0 N–H and O–H groups in total. The van der Waals surface area contributed by atoms with Gasteiger partial charge in [0.15, 0.2) is 0 Å². The van der Waals surface area contributed by atoms with Gasteiger partial charge in [-0.05, 0) is 31.6 Å². The van der Waals surface area contributed by atoms with E-state index in [1.165, 1.54) is 4.90 Å². The van der Waals surface area contributed by atoms with E-state index in [-0.39, 0.29) is 5.91 Å². The maximum atomic E-state index is 12.5. The molecule has 2 aliphatic rings. The fourth-order valence-electron chi connectivity index (χ4n) is 2.52. The molecule has 1 atom stereocenters. The van der Waals surface area contributed by atoms with Crippen molar-refractivity contribution < 1.29 is 9.59 Å². The number of aliphatic imine (C=N–C) groups is 1. The van der Waals surface area contributed by atoms with Gasteiger partial charge in [0, 0.05) is 0 Å². The predicted molar refractivity (Wildman–Crippen MR) is 78.0 cm³/mol. The number of hydrogen-bond donors (Lipinski definition) is 0. The highest BCUT2D eigenvalue weighted by atomic mass is 16.2. The summed E-state index contributed by atoms with van der Waals surface area (Å²) in [6.45, 7) is 3.86. The van der Waals surface area contributed by atoms with Crippen molar-refractivity contribution >= 4 is 23.3 Å². The largest absolute Gasteiger partial charge is 0.355 e. The predicted octanol–water partition coefficient (Wildman–Crippen LogP) is 2.95. The highest BCUT2D eigenvalue weighted by molar-refractivity contribution is 6.30. The molecule has 20 heavy (non-hydrogen) atoms. The molecular formula is C16H14N2O2. The van der Waals surface area contributed by atoms with E-state index in [4.69, 9.17) is 0 Å². The van der Waals surface area contributed by atoms with E-state index in [2.05, 4.69) is 4.99 Å². The smallest absolute Gasteiger partial charge is 0.273 e. The molecule has 0 radical (unpaired) electrons. The van der Waals surface area contributed by atoms with Gasteiger partial charge in [0.05, 0.1) is 17.3 Å². The minimum Gasteiger partial charge on any atom is -0.273 e. The Morgan fingerprint density at radius 1 is 1.15 bits per heavy atom. The van der Waals surface area contributed by atoms with Gasteiger partial charge in [0.2, 0.25) is 5.91 Å². The number of aryl methyl sites for hydroxylation is 2. The topological polar surface area (TPSA) is 49.7 Å². The monoisotopic (exact) mass is 266 g/mol. The molecule has 100 valence electrons. The number of anilines is 1. The normalized spacial score (nSPS) is 21.0. The van der Waals surface area contributed by atoms with E-state index < -0.39 is 11.9 Å². The van der Waals surface area contributed by atoms with Crippen molar-refractivity contribution in [1.82, 2.24) is 0 Å². The van der Waals surface area contributed by atoms with Crippen LogP contribution in [0, 0.1) is 19.8 Å².